The maximum absolute atomic E-state index is 13.6. The Labute approximate surface area is 253 Å². The number of guanidine groups is 1. The molecule has 0 aliphatic rings. The van der Waals surface area contributed by atoms with Gasteiger partial charge in [0.1, 0.15) is 18.1 Å². The fourth-order valence-electron chi connectivity index (χ4n) is 4.25. The van der Waals surface area contributed by atoms with Crippen LogP contribution in [0.3, 0.4) is 0 Å². The fourth-order valence-corrected chi connectivity index (χ4v) is 4.72. The van der Waals surface area contributed by atoms with Crippen LogP contribution >= 0.6 is 11.8 Å². The normalized spacial score (nSPS) is 13.7. The number of aliphatic imine (C=N–C) groups is 1. The van der Waals surface area contributed by atoms with E-state index in [0.29, 0.717) is 17.7 Å². The van der Waals surface area contributed by atoms with Crippen molar-refractivity contribution in [2.75, 3.05) is 18.6 Å². The van der Waals surface area contributed by atoms with E-state index < -0.39 is 53.8 Å². The highest BCUT2D eigenvalue weighted by Crippen LogP contribution is 2.19. The van der Waals surface area contributed by atoms with E-state index in [0.717, 1.165) is 10.9 Å². The maximum Gasteiger partial charge on any atom is 0.326 e. The van der Waals surface area contributed by atoms with Gasteiger partial charge in [-0.25, -0.2) is 4.79 Å². The lowest BCUT2D eigenvalue weighted by Crippen LogP contribution is -2.57. The van der Waals surface area contributed by atoms with Crippen LogP contribution in [0.15, 0.2) is 35.5 Å². The molecule has 43 heavy (non-hydrogen) atoms. The number of carbonyl (C=O) groups excluding carboxylic acids is 4. The molecule has 236 valence electrons. The van der Waals surface area contributed by atoms with Crippen LogP contribution in [-0.2, 0) is 30.4 Å². The number of nitrogens with two attached hydrogens (primary N) is 4. The molecule has 4 unspecified atom stereocenters. The van der Waals surface area contributed by atoms with E-state index in [1.165, 1.54) is 11.8 Å². The number of carboxylic acids is 1. The lowest BCUT2D eigenvalue weighted by atomic mass is 10.0. The Morgan fingerprint density at radius 1 is 0.930 bits per heavy atom. The number of carbonyl (C=O) groups is 5. The number of para-hydroxylation sites is 1. The van der Waals surface area contributed by atoms with Gasteiger partial charge in [-0.05, 0) is 49.3 Å². The van der Waals surface area contributed by atoms with Crippen molar-refractivity contribution in [1.82, 2.24) is 20.9 Å². The smallest absolute Gasteiger partial charge is 0.326 e. The largest absolute Gasteiger partial charge is 0.480 e. The number of aliphatic carboxylic acids is 1. The minimum Gasteiger partial charge on any atom is -0.480 e. The predicted octanol–water partition coefficient (Wildman–Crippen LogP) is -1.35. The van der Waals surface area contributed by atoms with Crippen LogP contribution in [0.1, 0.15) is 37.7 Å². The molecule has 2 rings (SSSR count). The summed E-state index contributed by atoms with van der Waals surface area (Å²) in [5.74, 6) is -3.55. The zero-order valence-corrected chi connectivity index (χ0v) is 24.8. The van der Waals surface area contributed by atoms with E-state index in [-0.39, 0.29) is 44.6 Å². The van der Waals surface area contributed by atoms with Gasteiger partial charge in [-0.3, -0.25) is 24.2 Å². The summed E-state index contributed by atoms with van der Waals surface area (Å²) < 4.78 is 0. The van der Waals surface area contributed by atoms with Crippen molar-refractivity contribution in [3.63, 3.8) is 0 Å². The Bertz CT molecular complexity index is 1300. The quantitative estimate of drug-likeness (QED) is 0.0506. The molecular formula is C27H41N9O6S. The Balaban J connectivity index is 2.31. The highest BCUT2D eigenvalue weighted by molar-refractivity contribution is 7.98. The monoisotopic (exact) mass is 619 g/mol. The average molecular weight is 620 g/mol. The van der Waals surface area contributed by atoms with E-state index in [1.807, 2.05) is 30.5 Å². The molecule has 0 spiro atoms. The Hall–Kier alpha value is -4.31. The molecule has 0 fully saturated rings. The number of fused-ring (bicyclic) bond motifs is 1. The van der Waals surface area contributed by atoms with Crippen LogP contribution in [0.4, 0.5) is 0 Å². The molecule has 0 aliphatic carbocycles. The number of nitrogens with zero attached hydrogens (tertiary/aromatic N) is 1. The van der Waals surface area contributed by atoms with Gasteiger partial charge in [0.25, 0.3) is 0 Å². The predicted molar refractivity (Wildman–Crippen MR) is 165 cm³/mol. The van der Waals surface area contributed by atoms with Gasteiger partial charge in [0.05, 0.1) is 6.04 Å². The van der Waals surface area contributed by atoms with Crippen LogP contribution < -0.4 is 38.9 Å². The Morgan fingerprint density at radius 2 is 1.58 bits per heavy atom. The van der Waals surface area contributed by atoms with Crippen molar-refractivity contribution in [2.24, 2.45) is 27.9 Å². The Morgan fingerprint density at radius 3 is 2.23 bits per heavy atom. The van der Waals surface area contributed by atoms with Crippen molar-refractivity contribution in [3.8, 4) is 0 Å². The summed E-state index contributed by atoms with van der Waals surface area (Å²) in [6.45, 7) is 0.171. The van der Waals surface area contributed by atoms with Gasteiger partial charge in [0.2, 0.25) is 23.6 Å². The summed E-state index contributed by atoms with van der Waals surface area (Å²) in [7, 11) is 0. The molecule has 15 nitrogen and oxygen atoms in total. The third kappa shape index (κ3) is 11.8. The number of H-pyrrole nitrogens is 1. The van der Waals surface area contributed by atoms with Crippen molar-refractivity contribution >= 4 is 58.2 Å². The number of hydrogen-bond acceptors (Lipinski definition) is 8. The van der Waals surface area contributed by atoms with E-state index in [1.54, 1.807) is 6.20 Å². The molecule has 4 atom stereocenters. The lowest BCUT2D eigenvalue weighted by molar-refractivity contribution is -0.142. The number of nitrogens with one attached hydrogen (secondary N) is 4. The zero-order chi connectivity index (χ0) is 31.9. The number of thioether (sulfide) groups is 1. The van der Waals surface area contributed by atoms with Gasteiger partial charge < -0.3 is 49.0 Å². The molecule has 0 saturated heterocycles. The highest BCUT2D eigenvalue weighted by atomic mass is 32.2. The second-order valence-corrected chi connectivity index (χ2v) is 10.9. The first kappa shape index (κ1) is 34.9. The first-order valence-electron chi connectivity index (χ1n) is 13.7. The van der Waals surface area contributed by atoms with Gasteiger partial charge in [-0.1, -0.05) is 18.2 Å². The van der Waals surface area contributed by atoms with Crippen molar-refractivity contribution in [1.29, 1.82) is 0 Å². The molecule has 0 aliphatic heterocycles. The van der Waals surface area contributed by atoms with Gasteiger partial charge in [-0.15, -0.1) is 0 Å². The molecule has 0 saturated carbocycles. The van der Waals surface area contributed by atoms with Crippen molar-refractivity contribution < 1.29 is 29.1 Å². The lowest BCUT2D eigenvalue weighted by Gasteiger charge is -2.25. The molecule has 4 amide bonds. The molecule has 1 aromatic carbocycles. The van der Waals surface area contributed by atoms with Crippen molar-refractivity contribution in [2.45, 2.75) is 62.7 Å². The van der Waals surface area contributed by atoms with E-state index in [2.05, 4.69) is 25.9 Å². The minimum atomic E-state index is -1.20. The van der Waals surface area contributed by atoms with Crippen LogP contribution in [0.25, 0.3) is 10.9 Å². The molecule has 0 radical (unpaired) electrons. The van der Waals surface area contributed by atoms with E-state index in [4.69, 9.17) is 22.9 Å². The minimum absolute atomic E-state index is 0.0261. The third-order valence-corrected chi connectivity index (χ3v) is 7.22. The van der Waals surface area contributed by atoms with E-state index >= 15 is 0 Å². The summed E-state index contributed by atoms with van der Waals surface area (Å²) >= 11 is 1.44. The number of primary amides is 1. The SMILES string of the molecule is CSCCC(NC(=O)C(Cc1c[nH]c2ccccc12)NC(=O)C(CCCN=C(N)N)NC(=O)C(N)CCC(N)=O)C(=O)O. The second-order valence-electron chi connectivity index (χ2n) is 9.93. The van der Waals surface area contributed by atoms with Crippen LogP contribution in [0, 0.1) is 0 Å². The molecule has 0 bridgehead atoms. The first-order valence-corrected chi connectivity index (χ1v) is 15.1. The number of aromatic amines is 1. The second kappa shape index (κ2) is 17.6. The first-order chi connectivity index (χ1) is 20.4. The Kier molecular flexibility index (Phi) is 14.3. The van der Waals surface area contributed by atoms with Crippen molar-refractivity contribution in [3.05, 3.63) is 36.0 Å². The molecule has 16 heteroatoms. The van der Waals surface area contributed by atoms with Gasteiger partial charge in [0, 0.05) is 36.5 Å². The number of rotatable bonds is 19. The zero-order valence-electron chi connectivity index (χ0n) is 24.0. The van der Waals surface area contributed by atoms with Gasteiger partial charge >= 0.3 is 5.97 Å². The maximum atomic E-state index is 13.6. The topological polar surface area (TPSA) is 274 Å². The summed E-state index contributed by atoms with van der Waals surface area (Å²) in [4.78, 5) is 69.7. The summed E-state index contributed by atoms with van der Waals surface area (Å²) in [5.41, 5.74) is 23.3. The fraction of sp³-hybridized carbons (Fsp3) is 0.481. The molecule has 2 aromatic rings. The highest BCUT2D eigenvalue weighted by Gasteiger charge is 2.31. The molecule has 13 N–H and O–H groups in total. The van der Waals surface area contributed by atoms with Gasteiger partial charge in [-0.2, -0.15) is 11.8 Å². The number of carboxylic acid groups (broad SMARTS) is 1. The number of benzene rings is 1. The molecule has 1 aromatic heterocycles. The summed E-state index contributed by atoms with van der Waals surface area (Å²) in [6.07, 6.45) is 3.98. The standard InChI is InChI=1S/C27H41N9O6S/c1-43-12-10-20(26(41)42)35-25(40)21(13-15-14-33-18-6-3-2-5-16(15)18)36-24(39)19(7-4-11-32-27(30)31)34-23(38)17(28)8-9-22(29)37/h2-3,5-6,14,17,19-21,33H,4,7-13,28H2,1H3,(H2,29,37)(H,34,38)(H,35,40)(H,36,39)(H,41,42)(H4,30,31,32). The molecular weight excluding hydrogens is 578 g/mol. The number of hydrogen-bond donors (Lipinski definition) is 9. The van der Waals surface area contributed by atoms with Crippen LogP contribution in [0.2, 0.25) is 0 Å². The molecule has 1 heterocycles. The number of aromatic nitrogens is 1. The summed E-state index contributed by atoms with van der Waals surface area (Å²) in [6, 6.07) is 2.78. The van der Waals surface area contributed by atoms with Crippen LogP contribution in [-0.4, -0.2) is 88.4 Å². The summed E-state index contributed by atoms with van der Waals surface area (Å²) in [5, 5.41) is 18.3. The third-order valence-electron chi connectivity index (χ3n) is 6.57. The van der Waals surface area contributed by atoms with Gasteiger partial charge in [0.15, 0.2) is 5.96 Å². The number of amides is 4. The average Bonchev–Trinajstić information content (AvgIpc) is 3.37. The van der Waals surface area contributed by atoms with E-state index in [9.17, 15) is 29.1 Å². The van der Waals surface area contributed by atoms with Crippen LogP contribution in [0.5, 0.6) is 0 Å².